The van der Waals surface area contributed by atoms with Crippen LogP contribution in [0.15, 0.2) is 54.6 Å². The molecule has 2 aromatic carbocycles. The minimum absolute atomic E-state index is 0.127. The van der Waals surface area contributed by atoms with E-state index >= 15 is 0 Å². The fourth-order valence-electron chi connectivity index (χ4n) is 3.75. The van der Waals surface area contributed by atoms with E-state index in [-0.39, 0.29) is 17.8 Å². The van der Waals surface area contributed by atoms with Crippen molar-refractivity contribution in [2.45, 2.75) is 18.4 Å². The SMILES string of the molecule is NC(=O)c1ccc2c(c1)C1C=CCC1C(c1ccc(F)cc1)N2. The molecular weight excluding hydrogens is 291 g/mol. The van der Waals surface area contributed by atoms with Crippen LogP contribution < -0.4 is 11.1 Å². The lowest BCUT2D eigenvalue weighted by atomic mass is 9.76. The average molecular weight is 308 g/mol. The molecule has 2 aromatic rings. The fourth-order valence-corrected chi connectivity index (χ4v) is 3.75. The number of anilines is 1. The van der Waals surface area contributed by atoms with Crippen molar-refractivity contribution in [1.29, 1.82) is 0 Å². The number of hydrogen-bond donors (Lipinski definition) is 2. The molecular formula is C19H17FN2O. The Bertz CT molecular complexity index is 798. The first-order valence-electron chi connectivity index (χ1n) is 7.76. The summed E-state index contributed by atoms with van der Waals surface area (Å²) in [6, 6.07) is 12.3. The van der Waals surface area contributed by atoms with E-state index in [2.05, 4.69) is 17.5 Å². The first-order chi connectivity index (χ1) is 11.1. The molecule has 0 fully saturated rings. The van der Waals surface area contributed by atoms with E-state index < -0.39 is 5.91 Å². The Balaban J connectivity index is 1.77. The number of carbonyl (C=O) groups excluding carboxylic acids is 1. The lowest BCUT2D eigenvalue weighted by Crippen LogP contribution is -2.29. The van der Waals surface area contributed by atoms with Crippen molar-refractivity contribution in [1.82, 2.24) is 0 Å². The summed E-state index contributed by atoms with van der Waals surface area (Å²) in [6.45, 7) is 0. The first-order valence-corrected chi connectivity index (χ1v) is 7.76. The van der Waals surface area contributed by atoms with Gasteiger partial charge in [0.25, 0.3) is 0 Å². The van der Waals surface area contributed by atoms with Crippen LogP contribution in [0, 0.1) is 11.7 Å². The highest BCUT2D eigenvalue weighted by Crippen LogP contribution is 2.49. The normalized spacial score (nSPS) is 24.7. The maximum atomic E-state index is 13.2. The number of fused-ring (bicyclic) bond motifs is 3. The zero-order valence-electron chi connectivity index (χ0n) is 12.5. The van der Waals surface area contributed by atoms with Crippen LogP contribution in [0.5, 0.6) is 0 Å². The van der Waals surface area contributed by atoms with E-state index in [1.54, 1.807) is 6.07 Å². The molecule has 1 heterocycles. The molecule has 0 radical (unpaired) electrons. The predicted molar refractivity (Wildman–Crippen MR) is 87.7 cm³/mol. The quantitative estimate of drug-likeness (QED) is 0.830. The smallest absolute Gasteiger partial charge is 0.248 e. The zero-order valence-corrected chi connectivity index (χ0v) is 12.5. The molecule has 3 N–H and O–H groups in total. The molecule has 0 saturated heterocycles. The van der Waals surface area contributed by atoms with Gasteiger partial charge in [-0.1, -0.05) is 24.3 Å². The summed E-state index contributed by atoms with van der Waals surface area (Å²) in [7, 11) is 0. The summed E-state index contributed by atoms with van der Waals surface area (Å²) in [5.74, 6) is -0.0270. The summed E-state index contributed by atoms with van der Waals surface area (Å²) in [6.07, 6.45) is 5.34. The van der Waals surface area contributed by atoms with Crippen LogP contribution in [0.1, 0.15) is 39.9 Å². The van der Waals surface area contributed by atoms with Crippen molar-refractivity contribution in [3.63, 3.8) is 0 Å². The minimum Gasteiger partial charge on any atom is -0.378 e. The van der Waals surface area contributed by atoms with Crippen LogP contribution >= 0.6 is 0 Å². The average Bonchev–Trinajstić information content (AvgIpc) is 3.04. The second-order valence-electron chi connectivity index (χ2n) is 6.19. The highest BCUT2D eigenvalue weighted by molar-refractivity contribution is 5.93. The van der Waals surface area contributed by atoms with Gasteiger partial charge in [0.05, 0.1) is 6.04 Å². The third-order valence-corrected chi connectivity index (χ3v) is 4.88. The Kier molecular flexibility index (Phi) is 3.18. The van der Waals surface area contributed by atoms with E-state index in [1.807, 2.05) is 24.3 Å². The van der Waals surface area contributed by atoms with Crippen molar-refractivity contribution >= 4 is 11.6 Å². The molecule has 116 valence electrons. The van der Waals surface area contributed by atoms with Crippen molar-refractivity contribution < 1.29 is 9.18 Å². The lowest BCUT2D eigenvalue weighted by Gasteiger charge is -2.37. The molecule has 1 aliphatic carbocycles. The molecule has 3 unspecified atom stereocenters. The van der Waals surface area contributed by atoms with Crippen molar-refractivity contribution in [2.75, 3.05) is 5.32 Å². The van der Waals surface area contributed by atoms with E-state index in [9.17, 15) is 9.18 Å². The number of benzene rings is 2. The maximum Gasteiger partial charge on any atom is 0.248 e. The molecule has 4 rings (SSSR count). The van der Waals surface area contributed by atoms with E-state index in [4.69, 9.17) is 5.73 Å². The summed E-state index contributed by atoms with van der Waals surface area (Å²) in [4.78, 5) is 11.4. The Hall–Kier alpha value is -2.62. The predicted octanol–water partition coefficient (Wildman–Crippen LogP) is 3.75. The molecule has 23 heavy (non-hydrogen) atoms. The molecule has 2 aliphatic rings. The third-order valence-electron chi connectivity index (χ3n) is 4.88. The molecule has 0 bridgehead atoms. The topological polar surface area (TPSA) is 55.1 Å². The number of carbonyl (C=O) groups is 1. The lowest BCUT2D eigenvalue weighted by molar-refractivity contribution is 0.1000. The van der Waals surface area contributed by atoms with Gasteiger partial charge in [-0.25, -0.2) is 4.39 Å². The van der Waals surface area contributed by atoms with Crippen LogP contribution in [0.2, 0.25) is 0 Å². The van der Waals surface area contributed by atoms with Gasteiger partial charge >= 0.3 is 0 Å². The van der Waals surface area contributed by atoms with Crippen molar-refractivity contribution in [3.05, 3.63) is 77.1 Å². The summed E-state index contributed by atoms with van der Waals surface area (Å²) in [5.41, 5.74) is 9.14. The molecule has 0 spiro atoms. The largest absolute Gasteiger partial charge is 0.378 e. The minimum atomic E-state index is -0.410. The van der Waals surface area contributed by atoms with Gasteiger partial charge in [-0.05, 0) is 53.8 Å². The number of nitrogens with one attached hydrogen (secondary N) is 1. The number of nitrogens with two attached hydrogens (primary N) is 1. The van der Waals surface area contributed by atoms with Crippen LogP contribution in [-0.2, 0) is 0 Å². The Morgan fingerprint density at radius 3 is 2.70 bits per heavy atom. The van der Waals surface area contributed by atoms with Gasteiger partial charge in [0.1, 0.15) is 5.82 Å². The summed E-state index contributed by atoms with van der Waals surface area (Å²) in [5, 5.41) is 3.56. The Labute approximate surface area is 134 Å². The van der Waals surface area contributed by atoms with Gasteiger partial charge in [-0.3, -0.25) is 4.79 Å². The Morgan fingerprint density at radius 2 is 1.96 bits per heavy atom. The molecule has 3 nitrogen and oxygen atoms in total. The first kappa shape index (κ1) is 14.0. The van der Waals surface area contributed by atoms with Gasteiger partial charge in [-0.15, -0.1) is 0 Å². The summed E-state index contributed by atoms with van der Waals surface area (Å²) >= 11 is 0. The van der Waals surface area contributed by atoms with E-state index in [0.717, 1.165) is 23.2 Å². The number of hydrogen-bond acceptors (Lipinski definition) is 2. The Morgan fingerprint density at radius 1 is 1.17 bits per heavy atom. The van der Waals surface area contributed by atoms with Crippen LogP contribution in [0.3, 0.4) is 0 Å². The second kappa shape index (κ2) is 5.23. The van der Waals surface area contributed by atoms with Gasteiger partial charge in [-0.2, -0.15) is 0 Å². The zero-order chi connectivity index (χ0) is 16.0. The highest BCUT2D eigenvalue weighted by atomic mass is 19.1. The van der Waals surface area contributed by atoms with Gasteiger partial charge in [0, 0.05) is 17.2 Å². The molecule has 0 aromatic heterocycles. The molecule has 4 heteroatoms. The molecule has 1 amide bonds. The fraction of sp³-hybridized carbons (Fsp3) is 0.211. The standard InChI is InChI=1S/C19H17FN2O/c20-13-7-4-11(5-8-13)18-15-3-1-2-14(15)16-10-12(19(21)23)6-9-17(16)22-18/h1-2,4-10,14-15,18,22H,3H2,(H2,21,23). The van der Waals surface area contributed by atoms with Crippen LogP contribution in [0.25, 0.3) is 0 Å². The highest BCUT2D eigenvalue weighted by Gasteiger charge is 2.38. The van der Waals surface area contributed by atoms with E-state index in [1.165, 1.54) is 12.1 Å². The van der Waals surface area contributed by atoms with Crippen molar-refractivity contribution in [2.24, 2.45) is 11.7 Å². The van der Waals surface area contributed by atoms with Gasteiger partial charge < -0.3 is 11.1 Å². The second-order valence-corrected chi connectivity index (χ2v) is 6.19. The molecule has 3 atom stereocenters. The molecule has 0 saturated carbocycles. The van der Waals surface area contributed by atoms with Gasteiger partial charge in [0.2, 0.25) is 5.91 Å². The van der Waals surface area contributed by atoms with E-state index in [0.29, 0.717) is 11.5 Å². The maximum absolute atomic E-state index is 13.2. The van der Waals surface area contributed by atoms with Crippen LogP contribution in [0.4, 0.5) is 10.1 Å². The molecule has 1 aliphatic heterocycles. The van der Waals surface area contributed by atoms with Crippen molar-refractivity contribution in [3.8, 4) is 0 Å². The monoisotopic (exact) mass is 308 g/mol. The third kappa shape index (κ3) is 2.31. The number of rotatable bonds is 2. The van der Waals surface area contributed by atoms with Crippen LogP contribution in [-0.4, -0.2) is 5.91 Å². The number of allylic oxidation sites excluding steroid dienone is 2. The number of primary amides is 1. The number of amides is 1. The number of halogens is 1. The van der Waals surface area contributed by atoms with Gasteiger partial charge in [0.15, 0.2) is 0 Å². The summed E-state index contributed by atoms with van der Waals surface area (Å²) < 4.78 is 13.2.